The van der Waals surface area contributed by atoms with Crippen LogP contribution in [0, 0.1) is 0 Å². The molecule has 1 N–H and O–H groups in total. The van der Waals surface area contributed by atoms with Crippen molar-refractivity contribution in [3.05, 3.63) is 23.9 Å². The predicted octanol–water partition coefficient (Wildman–Crippen LogP) is 1.97. The van der Waals surface area contributed by atoms with Crippen molar-refractivity contribution < 1.29 is 23.8 Å². The molecule has 0 saturated carbocycles. The molecule has 2 aromatic rings. The fourth-order valence-corrected chi connectivity index (χ4v) is 1.87. The highest BCUT2D eigenvalue weighted by molar-refractivity contribution is 5.94. The summed E-state index contributed by atoms with van der Waals surface area (Å²) in [6.07, 6.45) is 0.251. The maximum absolute atomic E-state index is 11.9. The molecule has 0 unspecified atom stereocenters. The van der Waals surface area contributed by atoms with Crippen molar-refractivity contribution in [2.24, 2.45) is 0 Å². The van der Waals surface area contributed by atoms with Crippen molar-refractivity contribution in [2.75, 3.05) is 13.7 Å². The number of rotatable bonds is 6. The third-order valence-electron chi connectivity index (χ3n) is 2.97. The molecule has 0 fully saturated rings. The second-order valence-electron chi connectivity index (χ2n) is 4.43. The van der Waals surface area contributed by atoms with Gasteiger partial charge >= 0.3 is 11.9 Å². The third-order valence-corrected chi connectivity index (χ3v) is 2.97. The van der Waals surface area contributed by atoms with E-state index in [1.165, 1.54) is 7.11 Å². The average Bonchev–Trinajstić information content (AvgIpc) is 3.05. The van der Waals surface area contributed by atoms with Crippen LogP contribution in [0.1, 0.15) is 30.8 Å². The van der Waals surface area contributed by atoms with Crippen LogP contribution >= 0.6 is 0 Å². The second kappa shape index (κ2) is 7.39. The molecule has 0 spiro atoms. The van der Waals surface area contributed by atoms with Crippen molar-refractivity contribution in [2.45, 2.75) is 20.3 Å². The monoisotopic (exact) mass is 319 g/mol. The van der Waals surface area contributed by atoms with Crippen LogP contribution in [0.2, 0.25) is 0 Å². The maximum Gasteiger partial charge on any atom is 0.361 e. The summed E-state index contributed by atoms with van der Waals surface area (Å²) in [6, 6.07) is 4.84. The Balaban J connectivity index is 2.36. The molecule has 0 amide bonds. The van der Waals surface area contributed by atoms with E-state index >= 15 is 0 Å². The van der Waals surface area contributed by atoms with Gasteiger partial charge in [-0.3, -0.25) is 4.79 Å². The van der Waals surface area contributed by atoms with Gasteiger partial charge < -0.3 is 14.2 Å². The first-order valence-corrected chi connectivity index (χ1v) is 7.07. The van der Waals surface area contributed by atoms with Gasteiger partial charge in [-0.05, 0) is 25.1 Å². The fraction of sp³-hybridized carbons (Fsp3) is 0.333. The molecule has 1 heterocycles. The van der Waals surface area contributed by atoms with Gasteiger partial charge in [-0.25, -0.2) is 4.79 Å². The van der Waals surface area contributed by atoms with Crippen molar-refractivity contribution >= 4 is 11.9 Å². The Morgan fingerprint density at radius 1 is 1.17 bits per heavy atom. The van der Waals surface area contributed by atoms with E-state index in [4.69, 9.17) is 14.2 Å². The van der Waals surface area contributed by atoms with Gasteiger partial charge in [-0.15, -0.1) is 5.10 Å². The van der Waals surface area contributed by atoms with Crippen LogP contribution in [0.5, 0.6) is 11.5 Å². The maximum atomic E-state index is 11.9. The molecule has 8 heteroatoms. The molecule has 122 valence electrons. The molecule has 8 nitrogen and oxygen atoms in total. The van der Waals surface area contributed by atoms with Crippen LogP contribution in [0.15, 0.2) is 18.2 Å². The molecular formula is C15H17N3O5. The van der Waals surface area contributed by atoms with E-state index < -0.39 is 5.97 Å². The van der Waals surface area contributed by atoms with Crippen LogP contribution in [0.4, 0.5) is 0 Å². The molecule has 0 radical (unpaired) electrons. The minimum Gasteiger partial charge on any atom is -0.493 e. The van der Waals surface area contributed by atoms with Crippen molar-refractivity contribution in [1.82, 2.24) is 15.4 Å². The summed E-state index contributed by atoms with van der Waals surface area (Å²) in [4.78, 5) is 23.3. The van der Waals surface area contributed by atoms with Gasteiger partial charge in [0.15, 0.2) is 17.2 Å². The Hall–Kier alpha value is -2.90. The normalized spacial score (nSPS) is 10.2. The average molecular weight is 319 g/mol. The van der Waals surface area contributed by atoms with E-state index in [9.17, 15) is 9.59 Å². The molecule has 0 aliphatic carbocycles. The molecule has 1 aromatic heterocycles. The summed E-state index contributed by atoms with van der Waals surface area (Å²) in [5.41, 5.74) is 0.984. The Labute approximate surface area is 132 Å². The van der Waals surface area contributed by atoms with Crippen molar-refractivity contribution in [3.63, 3.8) is 0 Å². The van der Waals surface area contributed by atoms with Crippen molar-refractivity contribution in [3.8, 4) is 22.8 Å². The predicted molar refractivity (Wildman–Crippen MR) is 80.3 cm³/mol. The van der Waals surface area contributed by atoms with E-state index in [2.05, 4.69) is 15.4 Å². The highest BCUT2D eigenvalue weighted by Gasteiger charge is 2.20. The SMILES string of the molecule is CCOC(=O)c1n[nH]nc1-c1ccc(OC(=O)CC)c(OC)c1. The minimum atomic E-state index is -0.572. The lowest BCUT2D eigenvalue weighted by Crippen LogP contribution is -2.08. The molecule has 0 bridgehead atoms. The van der Waals surface area contributed by atoms with Gasteiger partial charge in [0.25, 0.3) is 0 Å². The van der Waals surface area contributed by atoms with E-state index in [0.717, 1.165) is 0 Å². The number of aromatic nitrogens is 3. The highest BCUT2D eigenvalue weighted by atomic mass is 16.6. The number of aromatic amines is 1. The number of hydrogen-bond donors (Lipinski definition) is 1. The van der Waals surface area contributed by atoms with Crippen LogP contribution in [0.3, 0.4) is 0 Å². The summed E-state index contributed by atoms with van der Waals surface area (Å²) >= 11 is 0. The van der Waals surface area contributed by atoms with Gasteiger partial charge in [0.05, 0.1) is 13.7 Å². The molecule has 0 aliphatic heterocycles. The largest absolute Gasteiger partial charge is 0.493 e. The number of carbonyl (C=O) groups excluding carboxylic acids is 2. The number of benzene rings is 1. The fourth-order valence-electron chi connectivity index (χ4n) is 1.87. The van der Waals surface area contributed by atoms with E-state index in [0.29, 0.717) is 22.8 Å². The first-order chi connectivity index (χ1) is 11.1. The van der Waals surface area contributed by atoms with Gasteiger partial charge in [0.1, 0.15) is 5.69 Å². The quantitative estimate of drug-likeness (QED) is 0.641. The van der Waals surface area contributed by atoms with E-state index in [1.54, 1.807) is 32.0 Å². The smallest absolute Gasteiger partial charge is 0.361 e. The molecule has 2 rings (SSSR count). The van der Waals surface area contributed by atoms with Crippen LogP contribution in [-0.4, -0.2) is 41.1 Å². The van der Waals surface area contributed by atoms with Crippen molar-refractivity contribution in [1.29, 1.82) is 0 Å². The molecular weight excluding hydrogens is 302 g/mol. The summed E-state index contributed by atoms with van der Waals surface area (Å²) < 4.78 is 15.3. The zero-order valence-corrected chi connectivity index (χ0v) is 13.1. The van der Waals surface area contributed by atoms with Gasteiger partial charge in [-0.1, -0.05) is 6.92 Å². The van der Waals surface area contributed by atoms with Gasteiger partial charge in [-0.2, -0.15) is 10.3 Å². The number of hydrogen-bond acceptors (Lipinski definition) is 7. The van der Waals surface area contributed by atoms with Crippen LogP contribution in [-0.2, 0) is 9.53 Å². The zero-order chi connectivity index (χ0) is 16.8. The number of H-pyrrole nitrogens is 1. The molecule has 0 saturated heterocycles. The van der Waals surface area contributed by atoms with Gasteiger partial charge in [0.2, 0.25) is 0 Å². The van der Waals surface area contributed by atoms with Gasteiger partial charge in [0, 0.05) is 12.0 Å². The zero-order valence-electron chi connectivity index (χ0n) is 13.1. The standard InChI is InChI=1S/C15H17N3O5/c1-4-12(19)23-10-7-6-9(8-11(10)21-3)13-14(17-18-16-13)15(20)22-5-2/h6-8H,4-5H2,1-3H3,(H,16,17,18). The Morgan fingerprint density at radius 2 is 1.96 bits per heavy atom. The number of nitrogens with zero attached hydrogens (tertiary/aromatic N) is 2. The first kappa shape index (κ1) is 16.5. The van der Waals surface area contributed by atoms with Crippen LogP contribution < -0.4 is 9.47 Å². The summed E-state index contributed by atoms with van der Waals surface area (Å²) in [6.45, 7) is 3.64. The topological polar surface area (TPSA) is 103 Å². The number of esters is 2. The summed E-state index contributed by atoms with van der Waals surface area (Å²) in [5.74, 6) is -0.298. The van der Waals surface area contributed by atoms with E-state index in [-0.39, 0.29) is 24.7 Å². The summed E-state index contributed by atoms with van der Waals surface area (Å²) in [7, 11) is 1.46. The van der Waals surface area contributed by atoms with Crippen LogP contribution in [0.25, 0.3) is 11.3 Å². The minimum absolute atomic E-state index is 0.0761. The first-order valence-electron chi connectivity index (χ1n) is 7.07. The summed E-state index contributed by atoms with van der Waals surface area (Å²) in [5, 5.41) is 10.2. The second-order valence-corrected chi connectivity index (χ2v) is 4.43. The lowest BCUT2D eigenvalue weighted by molar-refractivity contribution is -0.134. The van der Waals surface area contributed by atoms with E-state index in [1.807, 2.05) is 0 Å². The Bertz CT molecular complexity index is 711. The number of nitrogens with one attached hydrogen (secondary N) is 1. The number of methoxy groups -OCH3 is 1. The number of carbonyl (C=O) groups is 2. The number of ether oxygens (including phenoxy) is 3. The lowest BCUT2D eigenvalue weighted by Gasteiger charge is -2.10. The Morgan fingerprint density at radius 3 is 2.61 bits per heavy atom. The molecule has 0 aliphatic rings. The lowest BCUT2D eigenvalue weighted by atomic mass is 10.1. The highest BCUT2D eigenvalue weighted by Crippen LogP contribution is 2.33. The molecule has 1 aromatic carbocycles. The third kappa shape index (κ3) is 3.65. The molecule has 23 heavy (non-hydrogen) atoms. The molecule has 0 atom stereocenters. The Kier molecular flexibility index (Phi) is 5.29.